The topological polar surface area (TPSA) is 154 Å². The summed E-state index contributed by atoms with van der Waals surface area (Å²) in [6.07, 6.45) is 2.13. The smallest absolute Gasteiger partial charge is 0.303 e. The lowest BCUT2D eigenvalue weighted by Gasteiger charge is -2.24. The SMILES string of the molecule is Cc1cc(C(Nc2ccc3cc[nH]c(=O)c3c2)C(=O)N[C@H](C)c2cccc([N+](=O)[O-])c2)ccc1[C@@H](C)CCC(=O)O. The molecule has 0 saturated carbocycles. The fourth-order valence-electron chi connectivity index (χ4n) is 4.95. The van der Waals surface area contributed by atoms with Gasteiger partial charge in [-0.2, -0.15) is 0 Å². The van der Waals surface area contributed by atoms with Crippen molar-refractivity contribution in [1.82, 2.24) is 10.3 Å². The molecule has 1 heterocycles. The van der Waals surface area contributed by atoms with Crippen molar-refractivity contribution >= 4 is 34.0 Å². The van der Waals surface area contributed by atoms with E-state index in [9.17, 15) is 24.5 Å². The second-order valence-corrected chi connectivity index (χ2v) is 10.2. The molecule has 10 nitrogen and oxygen atoms in total. The van der Waals surface area contributed by atoms with Gasteiger partial charge in [-0.15, -0.1) is 0 Å². The van der Waals surface area contributed by atoms with Crippen LogP contribution in [-0.4, -0.2) is 26.9 Å². The third-order valence-electron chi connectivity index (χ3n) is 7.24. The first kappa shape index (κ1) is 29.0. The Hall–Kier alpha value is -4.99. The van der Waals surface area contributed by atoms with Crippen molar-refractivity contribution in [3.63, 3.8) is 0 Å². The van der Waals surface area contributed by atoms with Crippen LogP contribution < -0.4 is 16.2 Å². The number of nitrogens with zero attached hydrogens (tertiary/aromatic N) is 1. The molecule has 1 aromatic heterocycles. The van der Waals surface area contributed by atoms with Crippen LogP contribution in [0.3, 0.4) is 0 Å². The maximum Gasteiger partial charge on any atom is 0.303 e. The minimum absolute atomic E-state index is 0.0153. The van der Waals surface area contributed by atoms with E-state index in [-0.39, 0.29) is 29.5 Å². The molecule has 0 bridgehead atoms. The molecule has 0 spiro atoms. The second-order valence-electron chi connectivity index (χ2n) is 10.2. The van der Waals surface area contributed by atoms with E-state index < -0.39 is 23.0 Å². The molecule has 10 heteroatoms. The van der Waals surface area contributed by atoms with Crippen molar-refractivity contribution in [2.45, 2.75) is 51.6 Å². The molecule has 0 saturated heterocycles. The number of aromatic amines is 1. The number of hydrogen-bond acceptors (Lipinski definition) is 6. The van der Waals surface area contributed by atoms with Crippen molar-refractivity contribution in [2.24, 2.45) is 0 Å². The molecule has 212 valence electrons. The summed E-state index contributed by atoms with van der Waals surface area (Å²) in [5.41, 5.74) is 3.42. The summed E-state index contributed by atoms with van der Waals surface area (Å²) in [6, 6.07) is 17.4. The lowest BCUT2D eigenvalue weighted by Crippen LogP contribution is -2.35. The summed E-state index contributed by atoms with van der Waals surface area (Å²) in [6.45, 7) is 5.65. The van der Waals surface area contributed by atoms with Crippen LogP contribution in [0.15, 0.2) is 77.7 Å². The average molecular weight is 557 g/mol. The molecular formula is C31H32N4O6. The van der Waals surface area contributed by atoms with Crippen LogP contribution in [-0.2, 0) is 9.59 Å². The number of carboxylic acids is 1. The number of rotatable bonds is 11. The number of non-ortho nitro benzene ring substituents is 1. The van der Waals surface area contributed by atoms with E-state index in [0.29, 0.717) is 28.6 Å². The van der Waals surface area contributed by atoms with E-state index in [2.05, 4.69) is 15.6 Å². The fraction of sp³-hybridized carbons (Fsp3) is 0.258. The summed E-state index contributed by atoms with van der Waals surface area (Å²) in [5, 5.41) is 27.8. The van der Waals surface area contributed by atoms with Gasteiger partial charge in [-0.3, -0.25) is 24.5 Å². The molecule has 4 rings (SSSR count). The minimum atomic E-state index is -0.863. The number of nitrogens with one attached hydrogen (secondary N) is 3. The molecule has 0 aliphatic carbocycles. The maximum absolute atomic E-state index is 13.7. The van der Waals surface area contributed by atoms with E-state index >= 15 is 0 Å². The molecule has 41 heavy (non-hydrogen) atoms. The molecule has 1 amide bonds. The van der Waals surface area contributed by atoms with Crippen molar-refractivity contribution < 1.29 is 19.6 Å². The first-order chi connectivity index (χ1) is 19.5. The number of amides is 1. The van der Waals surface area contributed by atoms with Gasteiger partial charge in [0, 0.05) is 35.8 Å². The Balaban J connectivity index is 1.67. The predicted octanol–water partition coefficient (Wildman–Crippen LogP) is 5.74. The number of fused-ring (bicyclic) bond motifs is 1. The zero-order valence-electron chi connectivity index (χ0n) is 23.0. The first-order valence-electron chi connectivity index (χ1n) is 13.3. The van der Waals surface area contributed by atoms with Crippen molar-refractivity contribution in [3.8, 4) is 0 Å². The highest BCUT2D eigenvalue weighted by Gasteiger charge is 2.24. The van der Waals surface area contributed by atoms with Gasteiger partial charge in [-0.1, -0.05) is 43.3 Å². The van der Waals surface area contributed by atoms with Gasteiger partial charge >= 0.3 is 5.97 Å². The van der Waals surface area contributed by atoms with Crippen LogP contribution in [0.5, 0.6) is 0 Å². The number of carboxylic acid groups (broad SMARTS) is 1. The Morgan fingerprint density at radius 2 is 1.80 bits per heavy atom. The summed E-state index contributed by atoms with van der Waals surface area (Å²) in [5.74, 6) is -1.20. The number of aromatic nitrogens is 1. The highest BCUT2D eigenvalue weighted by atomic mass is 16.6. The zero-order chi connectivity index (χ0) is 29.7. The van der Waals surface area contributed by atoms with Crippen LogP contribution in [0.4, 0.5) is 11.4 Å². The molecule has 3 aromatic carbocycles. The van der Waals surface area contributed by atoms with E-state index in [4.69, 9.17) is 5.11 Å². The quantitative estimate of drug-likeness (QED) is 0.136. The van der Waals surface area contributed by atoms with Gasteiger partial charge in [0.25, 0.3) is 11.2 Å². The molecule has 1 unspecified atom stereocenters. The Kier molecular flexibility index (Phi) is 8.81. The zero-order valence-corrected chi connectivity index (χ0v) is 23.0. The number of nitro groups is 1. The molecule has 3 atom stereocenters. The summed E-state index contributed by atoms with van der Waals surface area (Å²) in [7, 11) is 0. The lowest BCUT2D eigenvalue weighted by molar-refractivity contribution is -0.384. The van der Waals surface area contributed by atoms with E-state index in [1.165, 1.54) is 12.1 Å². The third-order valence-corrected chi connectivity index (χ3v) is 7.24. The van der Waals surface area contributed by atoms with Crippen molar-refractivity contribution in [2.75, 3.05) is 5.32 Å². The van der Waals surface area contributed by atoms with E-state index in [1.54, 1.807) is 49.5 Å². The van der Waals surface area contributed by atoms with E-state index in [1.807, 2.05) is 32.0 Å². The van der Waals surface area contributed by atoms with Gasteiger partial charge in [0.15, 0.2) is 0 Å². The van der Waals surface area contributed by atoms with Crippen molar-refractivity contribution in [1.29, 1.82) is 0 Å². The highest BCUT2D eigenvalue weighted by molar-refractivity contribution is 5.89. The lowest BCUT2D eigenvalue weighted by atomic mass is 9.90. The first-order valence-corrected chi connectivity index (χ1v) is 13.3. The minimum Gasteiger partial charge on any atom is -0.481 e. The Morgan fingerprint density at radius 1 is 1.02 bits per heavy atom. The van der Waals surface area contributed by atoms with Gasteiger partial charge in [-0.05, 0) is 72.0 Å². The fourth-order valence-corrected chi connectivity index (χ4v) is 4.95. The predicted molar refractivity (Wildman–Crippen MR) is 157 cm³/mol. The normalized spacial score (nSPS) is 13.2. The number of anilines is 1. The van der Waals surface area contributed by atoms with Crippen molar-refractivity contribution in [3.05, 3.63) is 116 Å². The molecule has 0 aliphatic heterocycles. The van der Waals surface area contributed by atoms with Crippen LogP contribution >= 0.6 is 0 Å². The number of nitro benzene ring substituents is 1. The number of hydrogen-bond donors (Lipinski definition) is 4. The number of benzene rings is 3. The number of aryl methyl sites for hydroxylation is 1. The van der Waals surface area contributed by atoms with Gasteiger partial charge in [0.05, 0.1) is 11.0 Å². The molecule has 0 aliphatic rings. The van der Waals surface area contributed by atoms with Gasteiger partial charge in [-0.25, -0.2) is 0 Å². The Morgan fingerprint density at radius 3 is 2.51 bits per heavy atom. The number of aliphatic carboxylic acids is 1. The number of H-pyrrole nitrogens is 1. The molecule has 0 fully saturated rings. The second kappa shape index (κ2) is 12.5. The molecule has 4 N–H and O–H groups in total. The maximum atomic E-state index is 13.7. The molecule has 0 radical (unpaired) electrons. The third kappa shape index (κ3) is 6.96. The van der Waals surface area contributed by atoms with Gasteiger partial charge < -0.3 is 20.7 Å². The number of pyridine rings is 1. The molecular weight excluding hydrogens is 524 g/mol. The average Bonchev–Trinajstić information content (AvgIpc) is 2.94. The summed E-state index contributed by atoms with van der Waals surface area (Å²) in [4.78, 5) is 50.6. The molecule has 4 aromatic rings. The van der Waals surface area contributed by atoms with Gasteiger partial charge in [0.2, 0.25) is 5.91 Å². The Labute approximate surface area is 236 Å². The van der Waals surface area contributed by atoms with E-state index in [0.717, 1.165) is 16.5 Å². The Bertz CT molecular complexity index is 1660. The van der Waals surface area contributed by atoms with Crippen LogP contribution in [0, 0.1) is 17.0 Å². The van der Waals surface area contributed by atoms with Gasteiger partial charge in [0.1, 0.15) is 6.04 Å². The summed E-state index contributed by atoms with van der Waals surface area (Å²) >= 11 is 0. The van der Waals surface area contributed by atoms with Crippen LogP contribution in [0.25, 0.3) is 10.8 Å². The standard InChI is InChI=1S/C31H32N4O6/c1-18(7-12-28(36)37)26-11-9-23(15-19(26)2)29(34-24-10-8-21-13-14-32-30(38)27(21)17-24)31(39)33-20(3)22-5-4-6-25(16-22)35(40)41/h4-6,8-11,13-18,20,29,34H,7,12H2,1-3H3,(H,32,38)(H,33,39)(H,36,37)/t18-,20+,29?/m0/s1. The monoisotopic (exact) mass is 556 g/mol. The highest BCUT2D eigenvalue weighted by Crippen LogP contribution is 2.29. The summed E-state index contributed by atoms with van der Waals surface area (Å²) < 4.78 is 0. The number of carbonyl (C=O) groups is 2. The largest absolute Gasteiger partial charge is 0.481 e. The van der Waals surface area contributed by atoms with Crippen LogP contribution in [0.2, 0.25) is 0 Å². The van der Waals surface area contributed by atoms with Crippen LogP contribution in [0.1, 0.15) is 66.9 Å². The number of carbonyl (C=O) groups excluding carboxylic acids is 1.